The topological polar surface area (TPSA) is 72.8 Å². The van der Waals surface area contributed by atoms with Crippen molar-refractivity contribution >= 4 is 18.0 Å². The fourth-order valence-corrected chi connectivity index (χ4v) is 2.50. The van der Waals surface area contributed by atoms with E-state index >= 15 is 0 Å². The highest BCUT2D eigenvalue weighted by molar-refractivity contribution is 5.85. The van der Waals surface area contributed by atoms with E-state index in [0.717, 1.165) is 28.5 Å². The molecule has 0 bridgehead atoms. The predicted octanol–water partition coefficient (Wildman–Crippen LogP) is 4.57. The smallest absolute Gasteiger partial charge is 0.328 e. The lowest BCUT2D eigenvalue weighted by Gasteiger charge is -2.17. The first kappa shape index (κ1) is 22.2. The first-order valence-corrected chi connectivity index (χ1v) is 8.78. The van der Waals surface area contributed by atoms with Gasteiger partial charge in [0.2, 0.25) is 0 Å². The summed E-state index contributed by atoms with van der Waals surface area (Å²) in [5.41, 5.74) is 3.82. The molecule has 0 aliphatic heterocycles. The van der Waals surface area contributed by atoms with Crippen LogP contribution in [0.3, 0.4) is 0 Å². The van der Waals surface area contributed by atoms with Gasteiger partial charge in [-0.3, -0.25) is 4.79 Å². The van der Waals surface area contributed by atoms with Crippen LogP contribution in [0.5, 0.6) is 5.75 Å². The minimum Gasteiger partial charge on any atom is -0.496 e. The second kappa shape index (κ2) is 11.0. The van der Waals surface area contributed by atoms with Crippen molar-refractivity contribution in [1.82, 2.24) is 0 Å². The van der Waals surface area contributed by atoms with Crippen molar-refractivity contribution in [1.29, 1.82) is 0 Å². The Morgan fingerprint density at radius 1 is 1.15 bits per heavy atom. The molecular formula is C22H28O5. The number of hydrogen-bond donors (Lipinski definition) is 1. The second-order valence-corrected chi connectivity index (χ2v) is 6.51. The lowest BCUT2D eigenvalue weighted by Crippen LogP contribution is -2.17. The Kier molecular flexibility index (Phi) is 9.06. The summed E-state index contributed by atoms with van der Waals surface area (Å²) in [7, 11) is 1.60. The molecule has 0 heterocycles. The third-order valence-corrected chi connectivity index (χ3v) is 3.92. The molecule has 1 N–H and O–H groups in total. The van der Waals surface area contributed by atoms with Crippen LogP contribution in [0.1, 0.15) is 45.2 Å². The van der Waals surface area contributed by atoms with Crippen LogP contribution < -0.4 is 4.74 Å². The third-order valence-electron chi connectivity index (χ3n) is 3.92. The number of ether oxygens (including phenoxy) is 2. The van der Waals surface area contributed by atoms with E-state index in [1.54, 1.807) is 19.3 Å². The summed E-state index contributed by atoms with van der Waals surface area (Å²) in [4.78, 5) is 22.1. The fraction of sp³-hybridized carbons (Fsp3) is 0.364. The van der Waals surface area contributed by atoms with E-state index in [2.05, 4.69) is 0 Å². The average Bonchev–Trinajstić information content (AvgIpc) is 2.60. The molecule has 0 fully saturated rings. The minimum atomic E-state index is -0.994. The molecule has 0 amide bonds. The van der Waals surface area contributed by atoms with Crippen molar-refractivity contribution < 1.29 is 24.2 Å². The van der Waals surface area contributed by atoms with Gasteiger partial charge in [-0.2, -0.15) is 0 Å². The first-order chi connectivity index (χ1) is 12.7. The molecule has 0 unspecified atom stereocenters. The first-order valence-electron chi connectivity index (χ1n) is 8.78. The SMILES string of the molecule is COc1ccc(/C=C\C(=O)O)cc1C/C=C(\C)[C@@H](CC=C(C)C)OC(C)=O. The molecule has 0 radical (unpaired) electrons. The monoisotopic (exact) mass is 372 g/mol. The van der Waals surface area contributed by atoms with Crippen LogP contribution in [0, 0.1) is 0 Å². The van der Waals surface area contributed by atoms with Gasteiger partial charge in [0.1, 0.15) is 11.9 Å². The number of carboxylic acids is 1. The quantitative estimate of drug-likeness (QED) is 0.390. The van der Waals surface area contributed by atoms with Crippen molar-refractivity contribution in [2.45, 2.75) is 46.6 Å². The van der Waals surface area contributed by atoms with Gasteiger partial charge >= 0.3 is 11.9 Å². The van der Waals surface area contributed by atoms with Crippen LogP contribution in [-0.2, 0) is 20.7 Å². The molecule has 1 aromatic carbocycles. The normalized spacial score (nSPS) is 12.6. The summed E-state index contributed by atoms with van der Waals surface area (Å²) >= 11 is 0. The molecule has 1 atom stereocenters. The van der Waals surface area contributed by atoms with Crippen LogP contribution in [0.25, 0.3) is 6.08 Å². The Labute approximate surface area is 161 Å². The van der Waals surface area contributed by atoms with Crippen LogP contribution in [0.2, 0.25) is 0 Å². The van der Waals surface area contributed by atoms with E-state index in [0.29, 0.717) is 12.8 Å². The van der Waals surface area contributed by atoms with E-state index in [1.807, 2.05) is 45.1 Å². The molecule has 5 heteroatoms. The summed E-state index contributed by atoms with van der Waals surface area (Å²) < 4.78 is 10.8. The molecular weight excluding hydrogens is 344 g/mol. The van der Waals surface area contributed by atoms with Crippen LogP contribution >= 0.6 is 0 Å². The Morgan fingerprint density at radius 3 is 2.41 bits per heavy atom. The van der Waals surface area contributed by atoms with Gasteiger partial charge in [-0.15, -0.1) is 0 Å². The molecule has 5 nitrogen and oxygen atoms in total. The Hall–Kier alpha value is -2.82. The number of rotatable bonds is 9. The van der Waals surface area contributed by atoms with E-state index in [9.17, 15) is 9.59 Å². The van der Waals surface area contributed by atoms with Gasteiger partial charge in [-0.1, -0.05) is 23.8 Å². The number of carbonyl (C=O) groups is 2. The van der Waals surface area contributed by atoms with Gasteiger partial charge in [0, 0.05) is 19.4 Å². The van der Waals surface area contributed by atoms with Crippen LogP contribution in [0.4, 0.5) is 0 Å². The largest absolute Gasteiger partial charge is 0.496 e. The molecule has 0 aliphatic carbocycles. The van der Waals surface area contributed by atoms with Crippen LogP contribution in [0.15, 0.2) is 47.6 Å². The van der Waals surface area contributed by atoms with E-state index in [1.165, 1.54) is 12.5 Å². The Balaban J connectivity index is 3.05. The van der Waals surface area contributed by atoms with Crippen molar-refractivity contribution in [3.05, 3.63) is 58.7 Å². The van der Waals surface area contributed by atoms with Crippen molar-refractivity contribution in [2.24, 2.45) is 0 Å². The summed E-state index contributed by atoms with van der Waals surface area (Å²) in [6.45, 7) is 7.35. The van der Waals surface area contributed by atoms with Gasteiger partial charge in [-0.25, -0.2) is 4.79 Å². The minimum absolute atomic E-state index is 0.307. The number of carbonyl (C=O) groups excluding carboxylic acids is 1. The summed E-state index contributed by atoms with van der Waals surface area (Å²) in [6, 6.07) is 5.50. The maximum atomic E-state index is 11.4. The number of hydrogen-bond acceptors (Lipinski definition) is 4. The molecule has 1 rings (SSSR count). The maximum absolute atomic E-state index is 11.4. The fourth-order valence-electron chi connectivity index (χ4n) is 2.50. The third kappa shape index (κ3) is 8.40. The molecule has 0 spiro atoms. The van der Waals surface area contributed by atoms with E-state index < -0.39 is 5.97 Å². The van der Waals surface area contributed by atoms with Gasteiger partial charge < -0.3 is 14.6 Å². The van der Waals surface area contributed by atoms with Gasteiger partial charge in [0.15, 0.2) is 0 Å². The lowest BCUT2D eigenvalue weighted by molar-refractivity contribution is -0.144. The molecule has 146 valence electrons. The van der Waals surface area contributed by atoms with Crippen molar-refractivity contribution in [3.8, 4) is 5.75 Å². The summed E-state index contributed by atoms with van der Waals surface area (Å²) in [6.07, 6.45) is 7.59. The molecule has 0 aliphatic rings. The molecule has 27 heavy (non-hydrogen) atoms. The second-order valence-electron chi connectivity index (χ2n) is 6.51. The standard InChI is InChI=1S/C22H28O5/c1-15(2)6-11-20(27-17(4)23)16(3)7-10-19-14-18(9-13-22(24)25)8-12-21(19)26-5/h6-9,12-14,20H,10-11H2,1-5H3,(H,24,25)/b13-9-,16-7+/t20-/m1/s1. The molecule has 0 aromatic heterocycles. The Morgan fingerprint density at radius 2 is 1.85 bits per heavy atom. The summed E-state index contributed by atoms with van der Waals surface area (Å²) in [5, 5.41) is 8.78. The van der Waals surface area contributed by atoms with E-state index in [4.69, 9.17) is 14.6 Å². The zero-order chi connectivity index (χ0) is 20.4. The highest BCUT2D eigenvalue weighted by Crippen LogP contribution is 2.23. The van der Waals surface area contributed by atoms with Crippen LogP contribution in [-0.4, -0.2) is 30.3 Å². The highest BCUT2D eigenvalue weighted by Gasteiger charge is 2.13. The maximum Gasteiger partial charge on any atom is 0.328 e. The predicted molar refractivity (Wildman–Crippen MR) is 107 cm³/mol. The average molecular weight is 372 g/mol. The summed E-state index contributed by atoms with van der Waals surface area (Å²) in [5.74, 6) is -0.584. The highest BCUT2D eigenvalue weighted by atomic mass is 16.5. The van der Waals surface area contributed by atoms with Gasteiger partial charge in [0.25, 0.3) is 0 Å². The zero-order valence-corrected chi connectivity index (χ0v) is 16.6. The Bertz CT molecular complexity index is 752. The van der Waals surface area contributed by atoms with Crippen molar-refractivity contribution in [2.75, 3.05) is 7.11 Å². The number of methoxy groups -OCH3 is 1. The zero-order valence-electron chi connectivity index (χ0n) is 16.6. The number of aliphatic carboxylic acids is 1. The van der Waals surface area contributed by atoms with Gasteiger partial charge in [-0.05, 0) is 62.1 Å². The number of esters is 1. The van der Waals surface area contributed by atoms with Gasteiger partial charge in [0.05, 0.1) is 7.11 Å². The number of allylic oxidation sites excluding steroid dienone is 2. The number of carboxylic acid groups (broad SMARTS) is 1. The van der Waals surface area contributed by atoms with E-state index in [-0.39, 0.29) is 12.1 Å². The van der Waals surface area contributed by atoms with Crippen molar-refractivity contribution in [3.63, 3.8) is 0 Å². The molecule has 0 saturated carbocycles. The molecule has 1 aromatic rings. The molecule has 0 saturated heterocycles. The lowest BCUT2D eigenvalue weighted by atomic mass is 10.0. The number of benzene rings is 1.